The molecule has 0 unspecified atom stereocenters. The minimum Gasteiger partial charge on any atom is -0.463 e. The zero-order valence-electron chi connectivity index (χ0n) is 16.2. The second-order valence-corrected chi connectivity index (χ2v) is 5.91. The number of hydrogen-bond acceptors (Lipinski definition) is 7. The molecule has 0 aliphatic carbocycles. The first kappa shape index (κ1) is 21.0. The van der Waals surface area contributed by atoms with Crippen LogP contribution in [0.25, 0.3) is 0 Å². The van der Waals surface area contributed by atoms with Crippen molar-refractivity contribution in [1.29, 1.82) is 0 Å². The maximum atomic E-state index is 12.5. The quantitative estimate of drug-likeness (QED) is 0.466. The predicted octanol–water partition coefficient (Wildman–Crippen LogP) is 1.10. The van der Waals surface area contributed by atoms with Crippen LogP contribution >= 0.6 is 0 Å². The molecule has 0 saturated heterocycles. The molecule has 1 aliphatic heterocycles. The van der Waals surface area contributed by atoms with E-state index in [0.29, 0.717) is 11.3 Å². The molecule has 2 rings (SSSR count). The average molecular weight is 393 g/mol. The molecule has 0 radical (unpaired) electrons. The first-order chi connectivity index (χ1) is 13.3. The second kappa shape index (κ2) is 9.07. The van der Waals surface area contributed by atoms with Gasteiger partial charge in [0.1, 0.15) is 12.3 Å². The van der Waals surface area contributed by atoms with Crippen LogP contribution in [0.5, 0.6) is 0 Å². The highest BCUT2D eigenvalue weighted by Crippen LogP contribution is 2.20. The maximum Gasteiger partial charge on any atom is 0.355 e. The third kappa shape index (κ3) is 4.51. The monoisotopic (exact) mass is 393 g/mol. The van der Waals surface area contributed by atoms with Crippen LogP contribution in [0.15, 0.2) is 11.3 Å². The van der Waals surface area contributed by atoms with E-state index in [0.717, 1.165) is 0 Å². The van der Waals surface area contributed by atoms with Crippen molar-refractivity contribution in [3.05, 3.63) is 33.8 Å². The van der Waals surface area contributed by atoms with E-state index >= 15 is 0 Å². The second-order valence-electron chi connectivity index (χ2n) is 5.91. The van der Waals surface area contributed by atoms with E-state index in [2.05, 4.69) is 15.6 Å². The Balaban J connectivity index is 2.18. The number of carbonyl (C=O) groups is 4. The van der Waals surface area contributed by atoms with Gasteiger partial charge in [-0.1, -0.05) is 0 Å². The molecule has 0 spiro atoms. The van der Waals surface area contributed by atoms with Crippen molar-refractivity contribution in [3.63, 3.8) is 0 Å². The van der Waals surface area contributed by atoms with Gasteiger partial charge in [0.05, 0.1) is 36.6 Å². The van der Waals surface area contributed by atoms with E-state index in [9.17, 15) is 19.2 Å². The summed E-state index contributed by atoms with van der Waals surface area (Å²) in [6.45, 7) is 6.59. The average Bonchev–Trinajstić information content (AvgIpc) is 2.94. The van der Waals surface area contributed by atoms with Gasteiger partial charge in [-0.15, -0.1) is 0 Å². The fourth-order valence-corrected chi connectivity index (χ4v) is 2.74. The van der Waals surface area contributed by atoms with Crippen LogP contribution in [-0.4, -0.2) is 55.3 Å². The van der Waals surface area contributed by atoms with Crippen LogP contribution in [0.1, 0.15) is 46.0 Å². The van der Waals surface area contributed by atoms with Crippen molar-refractivity contribution >= 4 is 23.9 Å². The predicted molar refractivity (Wildman–Crippen MR) is 96.7 cm³/mol. The van der Waals surface area contributed by atoms with Gasteiger partial charge in [-0.05, 0) is 33.3 Å². The summed E-state index contributed by atoms with van der Waals surface area (Å²) in [6.07, 6.45) is 0. The Kier molecular flexibility index (Phi) is 6.80. The molecule has 0 bridgehead atoms. The van der Waals surface area contributed by atoms with Crippen molar-refractivity contribution in [2.45, 2.75) is 27.7 Å². The van der Waals surface area contributed by atoms with Gasteiger partial charge in [-0.25, -0.2) is 19.2 Å². The Labute approximate surface area is 161 Å². The van der Waals surface area contributed by atoms with Crippen LogP contribution in [0.3, 0.4) is 0 Å². The van der Waals surface area contributed by atoms with E-state index in [1.165, 1.54) is 0 Å². The summed E-state index contributed by atoms with van der Waals surface area (Å²) in [6, 6.07) is -0.518. The van der Waals surface area contributed by atoms with Crippen LogP contribution < -0.4 is 10.6 Å². The van der Waals surface area contributed by atoms with E-state index in [4.69, 9.17) is 14.2 Å². The van der Waals surface area contributed by atoms with E-state index < -0.39 is 23.9 Å². The van der Waals surface area contributed by atoms with Crippen molar-refractivity contribution in [2.75, 3.05) is 26.4 Å². The lowest BCUT2D eigenvalue weighted by Gasteiger charge is -2.21. The number of amides is 2. The molecule has 1 aromatic heterocycles. The number of aromatic amines is 1. The summed E-state index contributed by atoms with van der Waals surface area (Å²) in [7, 11) is 0. The summed E-state index contributed by atoms with van der Waals surface area (Å²) in [4.78, 5) is 50.9. The van der Waals surface area contributed by atoms with Gasteiger partial charge in [0.15, 0.2) is 0 Å². The van der Waals surface area contributed by atoms with Gasteiger partial charge < -0.3 is 29.8 Å². The lowest BCUT2D eigenvalue weighted by Crippen LogP contribution is -2.45. The summed E-state index contributed by atoms with van der Waals surface area (Å²) in [5.74, 6) is -1.89. The largest absolute Gasteiger partial charge is 0.463 e. The maximum absolute atomic E-state index is 12.5. The minimum atomic E-state index is -0.736. The molecule has 1 aliphatic rings. The molecule has 152 valence electrons. The van der Waals surface area contributed by atoms with Gasteiger partial charge in [0.2, 0.25) is 0 Å². The molecule has 3 N–H and O–H groups in total. The summed E-state index contributed by atoms with van der Waals surface area (Å²) >= 11 is 0. The Hall–Kier alpha value is -3.30. The third-order valence-electron chi connectivity index (χ3n) is 4.05. The summed E-state index contributed by atoms with van der Waals surface area (Å²) in [5.41, 5.74) is 1.55. The number of H-pyrrole nitrogens is 1. The molecule has 0 saturated carbocycles. The van der Waals surface area contributed by atoms with Gasteiger partial charge in [0.25, 0.3) is 0 Å². The summed E-state index contributed by atoms with van der Waals surface area (Å²) < 4.78 is 15.2. The Bertz CT molecular complexity index is 838. The van der Waals surface area contributed by atoms with Gasteiger partial charge in [-0.3, -0.25) is 0 Å². The number of nitrogens with one attached hydrogen (secondary N) is 3. The lowest BCUT2D eigenvalue weighted by atomic mass is 10.1. The van der Waals surface area contributed by atoms with Gasteiger partial charge >= 0.3 is 23.9 Å². The molecule has 0 aromatic carbocycles. The SMILES string of the molecule is CCOC(=O)C1=C(COC(=O)c2[nH]c(C)c(C(=O)OCC)c2C)NC(=O)NC1. The number of carbonyl (C=O) groups excluding carboxylic acids is 4. The van der Waals surface area contributed by atoms with Crippen LogP contribution in [-0.2, 0) is 19.0 Å². The van der Waals surface area contributed by atoms with Crippen molar-refractivity contribution < 1.29 is 33.4 Å². The molecule has 0 atom stereocenters. The Morgan fingerprint density at radius 3 is 2.25 bits per heavy atom. The van der Waals surface area contributed by atoms with Crippen molar-refractivity contribution in [3.8, 4) is 0 Å². The van der Waals surface area contributed by atoms with Gasteiger partial charge in [0, 0.05) is 5.69 Å². The number of aryl methyl sites for hydroxylation is 1. The topological polar surface area (TPSA) is 136 Å². The van der Waals surface area contributed by atoms with E-state index in [1.54, 1.807) is 27.7 Å². The minimum absolute atomic E-state index is 0.0365. The molecule has 28 heavy (non-hydrogen) atoms. The molecule has 0 fully saturated rings. The molecular weight excluding hydrogens is 370 g/mol. The highest BCUT2D eigenvalue weighted by molar-refractivity contribution is 5.99. The number of esters is 3. The normalized spacial score (nSPS) is 13.5. The molecule has 1 aromatic rings. The fraction of sp³-hybridized carbons (Fsp3) is 0.444. The highest BCUT2D eigenvalue weighted by atomic mass is 16.5. The van der Waals surface area contributed by atoms with Gasteiger partial charge in [-0.2, -0.15) is 0 Å². The highest BCUT2D eigenvalue weighted by Gasteiger charge is 2.27. The number of urea groups is 1. The zero-order chi connectivity index (χ0) is 20.8. The molecule has 2 amide bonds. The number of ether oxygens (including phenoxy) is 3. The van der Waals surface area contributed by atoms with Crippen molar-refractivity contribution in [1.82, 2.24) is 15.6 Å². The smallest absolute Gasteiger partial charge is 0.355 e. The number of rotatable bonds is 7. The molecule has 10 nitrogen and oxygen atoms in total. The lowest BCUT2D eigenvalue weighted by molar-refractivity contribution is -0.138. The summed E-state index contributed by atoms with van der Waals surface area (Å²) in [5, 5.41) is 4.90. The van der Waals surface area contributed by atoms with Crippen LogP contribution in [0.2, 0.25) is 0 Å². The molecule has 2 heterocycles. The van der Waals surface area contributed by atoms with Crippen molar-refractivity contribution in [2.24, 2.45) is 0 Å². The zero-order valence-corrected chi connectivity index (χ0v) is 16.2. The molecular formula is C18H23N3O7. The van der Waals surface area contributed by atoms with E-state index in [-0.39, 0.29) is 48.9 Å². The Morgan fingerprint density at radius 2 is 1.61 bits per heavy atom. The van der Waals surface area contributed by atoms with E-state index in [1.807, 2.05) is 0 Å². The number of aromatic nitrogens is 1. The standard InChI is InChI=1S/C18H23N3O7/c1-5-26-15(22)11-7-19-18(25)21-12(11)8-28-17(24)14-9(3)13(10(4)20-14)16(23)27-6-2/h20H,5-8H2,1-4H3,(H2,19,21,25). The molecule has 10 heteroatoms. The Morgan fingerprint density at radius 1 is 0.964 bits per heavy atom. The first-order valence-corrected chi connectivity index (χ1v) is 8.77. The first-order valence-electron chi connectivity index (χ1n) is 8.77. The van der Waals surface area contributed by atoms with Crippen LogP contribution in [0.4, 0.5) is 4.79 Å². The van der Waals surface area contributed by atoms with Crippen LogP contribution in [0, 0.1) is 13.8 Å². The third-order valence-corrected chi connectivity index (χ3v) is 4.05. The fourth-order valence-electron chi connectivity index (χ4n) is 2.74. The number of hydrogen-bond donors (Lipinski definition) is 3.